The maximum Gasteiger partial charge on any atom is 0.263 e. The molecule has 2 aliphatic carbocycles. The first kappa shape index (κ1) is 34.7. The van der Waals surface area contributed by atoms with Gasteiger partial charge in [-0.05, 0) is 125 Å². The van der Waals surface area contributed by atoms with Crippen molar-refractivity contribution in [2.75, 3.05) is 58.5 Å². The molecule has 1 spiro atoms. The summed E-state index contributed by atoms with van der Waals surface area (Å²) in [5, 5.41) is 12.9. The van der Waals surface area contributed by atoms with E-state index in [1.807, 2.05) is 39.2 Å². The number of hydrogen-bond acceptors (Lipinski definition) is 7. The summed E-state index contributed by atoms with van der Waals surface area (Å²) in [6, 6.07) is 11.9. The van der Waals surface area contributed by atoms with Crippen molar-refractivity contribution in [2.45, 2.75) is 81.5 Å². The Morgan fingerprint density at radius 2 is 1.96 bits per heavy atom. The van der Waals surface area contributed by atoms with Gasteiger partial charge in [0.05, 0.1) is 36.4 Å². The molecule has 2 bridgehead atoms. The molecule has 0 radical (unpaired) electrons. The van der Waals surface area contributed by atoms with Gasteiger partial charge in [-0.2, -0.15) is 0 Å². The average Bonchev–Trinajstić information content (AvgIpc) is 3.17. The topological polar surface area (TPSA) is 91.3 Å². The molecule has 258 valence electrons. The van der Waals surface area contributed by atoms with Gasteiger partial charge in [-0.15, -0.1) is 0 Å². The van der Waals surface area contributed by atoms with Crippen molar-refractivity contribution in [1.82, 2.24) is 9.62 Å². The van der Waals surface area contributed by atoms with Crippen molar-refractivity contribution in [3.8, 4) is 5.75 Å². The first-order valence-electron chi connectivity index (χ1n) is 17.5. The number of halogens is 1. The molecule has 10 heteroatoms. The van der Waals surface area contributed by atoms with Crippen LogP contribution in [0.3, 0.4) is 0 Å². The van der Waals surface area contributed by atoms with Crippen LogP contribution in [-0.4, -0.2) is 84.5 Å². The molecule has 8 nitrogen and oxygen atoms in total. The molecule has 1 amide bonds. The molecule has 47 heavy (non-hydrogen) atoms. The van der Waals surface area contributed by atoms with Gasteiger partial charge in [0.25, 0.3) is 5.91 Å². The predicted molar refractivity (Wildman–Crippen MR) is 189 cm³/mol. The average molecular weight is 686 g/mol. The van der Waals surface area contributed by atoms with Crippen LogP contribution >= 0.6 is 11.6 Å². The van der Waals surface area contributed by atoms with E-state index in [1.165, 1.54) is 11.1 Å². The maximum absolute atomic E-state index is 13.5. The van der Waals surface area contributed by atoms with Crippen molar-refractivity contribution in [2.24, 2.45) is 17.8 Å². The van der Waals surface area contributed by atoms with Crippen molar-refractivity contribution >= 4 is 34.2 Å². The van der Waals surface area contributed by atoms with Crippen LogP contribution in [0.1, 0.15) is 80.3 Å². The highest BCUT2D eigenvalue weighted by molar-refractivity contribution is 7.84. The van der Waals surface area contributed by atoms with Gasteiger partial charge in [-0.3, -0.25) is 9.52 Å². The zero-order valence-corrected chi connectivity index (χ0v) is 30.0. The third-order valence-electron chi connectivity index (χ3n) is 11.5. The Balaban J connectivity index is 1.37. The van der Waals surface area contributed by atoms with Crippen LogP contribution < -0.4 is 14.4 Å². The minimum absolute atomic E-state index is 0.101. The van der Waals surface area contributed by atoms with Crippen LogP contribution in [0.4, 0.5) is 5.69 Å². The lowest BCUT2D eigenvalue weighted by Gasteiger charge is -2.50. The van der Waals surface area contributed by atoms with E-state index in [0.717, 1.165) is 81.0 Å². The summed E-state index contributed by atoms with van der Waals surface area (Å²) < 4.78 is 28.9. The second kappa shape index (κ2) is 14.4. The van der Waals surface area contributed by atoms with Crippen LogP contribution in [0.15, 0.2) is 36.4 Å². The van der Waals surface area contributed by atoms with Crippen LogP contribution in [0.5, 0.6) is 5.75 Å². The molecule has 2 aliphatic heterocycles. The van der Waals surface area contributed by atoms with Crippen molar-refractivity contribution in [1.29, 1.82) is 0 Å². The summed E-state index contributed by atoms with van der Waals surface area (Å²) in [6.07, 6.45) is 7.27. The maximum atomic E-state index is 13.5. The molecular weight excluding hydrogens is 634 g/mol. The third-order valence-corrected chi connectivity index (χ3v) is 13.3. The van der Waals surface area contributed by atoms with E-state index in [4.69, 9.17) is 21.1 Å². The van der Waals surface area contributed by atoms with E-state index < -0.39 is 16.6 Å². The zero-order chi connectivity index (χ0) is 33.3. The number of fused-ring (bicyclic) bond motifs is 4. The van der Waals surface area contributed by atoms with Gasteiger partial charge < -0.3 is 24.4 Å². The molecule has 5 unspecified atom stereocenters. The molecular formula is C37H52ClN3O5S. The minimum Gasteiger partial charge on any atom is -0.490 e. The van der Waals surface area contributed by atoms with Crippen LogP contribution in [0, 0.1) is 17.8 Å². The van der Waals surface area contributed by atoms with Gasteiger partial charge in [0, 0.05) is 35.6 Å². The molecule has 1 fully saturated rings. The van der Waals surface area contributed by atoms with E-state index in [2.05, 4.69) is 33.6 Å². The molecule has 7 atom stereocenters. The Kier molecular flexibility index (Phi) is 10.6. The van der Waals surface area contributed by atoms with Gasteiger partial charge in [0.1, 0.15) is 16.7 Å². The Hall–Kier alpha value is -2.17. The number of aliphatic hydroxyl groups is 1. The number of nitrogens with zero attached hydrogens (tertiary/aromatic N) is 2. The molecule has 2 aromatic rings. The summed E-state index contributed by atoms with van der Waals surface area (Å²) in [5.74, 6) is 0.897. The fourth-order valence-electron chi connectivity index (χ4n) is 8.31. The number of ether oxygens (including phenoxy) is 2. The van der Waals surface area contributed by atoms with Gasteiger partial charge in [0.2, 0.25) is 0 Å². The number of nitrogens with one attached hydrogen (secondary N) is 1. The third kappa shape index (κ3) is 7.40. The second-order valence-electron chi connectivity index (χ2n) is 15.0. The largest absolute Gasteiger partial charge is 0.490 e. The fourth-order valence-corrected chi connectivity index (χ4v) is 9.55. The summed E-state index contributed by atoms with van der Waals surface area (Å²) in [6.45, 7) is 7.73. The van der Waals surface area contributed by atoms with Gasteiger partial charge in [-0.25, -0.2) is 4.21 Å². The molecule has 2 N–H and O–H groups in total. The highest BCUT2D eigenvalue weighted by Crippen LogP contribution is 2.49. The number of hydrogen-bond donors (Lipinski definition) is 2. The molecule has 4 aliphatic rings. The second-order valence-corrected chi connectivity index (χ2v) is 17.0. The predicted octanol–water partition coefficient (Wildman–Crippen LogP) is 5.75. The van der Waals surface area contributed by atoms with E-state index >= 15 is 0 Å². The number of rotatable bonds is 5. The minimum atomic E-state index is -1.55. The van der Waals surface area contributed by atoms with Gasteiger partial charge in [0.15, 0.2) is 0 Å². The van der Waals surface area contributed by atoms with E-state index in [0.29, 0.717) is 31.8 Å². The zero-order valence-electron chi connectivity index (χ0n) is 28.4. The number of aryl methyl sites for hydroxylation is 1. The number of likely N-dealkylation sites (N-methyl/N-ethyl adjacent to an activating group) is 1. The van der Waals surface area contributed by atoms with Crippen LogP contribution in [0.25, 0.3) is 0 Å². The smallest absolute Gasteiger partial charge is 0.263 e. The highest BCUT2D eigenvalue weighted by Gasteiger charge is 2.49. The first-order valence-corrected chi connectivity index (χ1v) is 19.0. The SMILES string of the molecule is CC1CCC[C@@](O)(COCCN(C)C)C2CCC2CN2C[C@@]3(CCCc4cc(Cl)ccc43)COc3ccc(cc32)C(=O)NS(=O)C1C. The lowest BCUT2D eigenvalue weighted by Crippen LogP contribution is -2.55. The summed E-state index contributed by atoms with van der Waals surface area (Å²) >= 11 is 6.46. The van der Waals surface area contributed by atoms with E-state index in [1.54, 1.807) is 6.07 Å². The number of amides is 1. The molecule has 0 aromatic heterocycles. The van der Waals surface area contributed by atoms with Crippen molar-refractivity contribution < 1.29 is 23.6 Å². The first-order chi connectivity index (χ1) is 22.5. The molecule has 6 rings (SSSR count). The number of benzene rings is 2. The monoisotopic (exact) mass is 685 g/mol. The summed E-state index contributed by atoms with van der Waals surface area (Å²) in [4.78, 5) is 18.0. The lowest BCUT2D eigenvalue weighted by atomic mass is 9.63. The van der Waals surface area contributed by atoms with Crippen LogP contribution in [0.2, 0.25) is 5.02 Å². The Labute approximate surface area is 288 Å². The van der Waals surface area contributed by atoms with Crippen molar-refractivity contribution in [3.05, 3.63) is 58.1 Å². The lowest BCUT2D eigenvalue weighted by molar-refractivity contribution is -0.133. The Bertz CT molecular complexity index is 1470. The number of anilines is 1. The highest BCUT2D eigenvalue weighted by atomic mass is 35.5. The Morgan fingerprint density at radius 1 is 1.13 bits per heavy atom. The van der Waals surface area contributed by atoms with Gasteiger partial charge in [-0.1, -0.05) is 31.0 Å². The normalized spacial score (nSPS) is 32.9. The molecule has 1 saturated carbocycles. The molecule has 0 saturated heterocycles. The summed E-state index contributed by atoms with van der Waals surface area (Å²) in [7, 11) is 2.51. The van der Waals surface area contributed by atoms with Crippen LogP contribution in [-0.2, 0) is 27.6 Å². The van der Waals surface area contributed by atoms with Crippen molar-refractivity contribution in [3.63, 3.8) is 0 Å². The molecule has 2 heterocycles. The standard InChI is InChI=1S/C37H52ClN3O5S/c1-25-7-5-16-37(43,24-45-18-17-40(3)4)32-12-9-29(32)21-41-22-36(15-6-8-27-19-30(38)11-13-31(27)36)23-46-34-14-10-28(20-33(34)41)35(42)39-47(44)26(25)2/h10-11,13-14,19-20,25-26,29,32,43H,5-9,12,15-18,21-24H2,1-4H3,(H,39,42)/t25?,26?,29?,32?,36-,37+,47?/m0/s1. The summed E-state index contributed by atoms with van der Waals surface area (Å²) in [5.41, 5.74) is 2.75. The number of carbonyl (C=O) groups excluding carboxylic acids is 1. The van der Waals surface area contributed by atoms with E-state index in [9.17, 15) is 14.1 Å². The quantitative estimate of drug-likeness (QED) is 0.388. The van der Waals surface area contributed by atoms with E-state index in [-0.39, 0.29) is 34.3 Å². The molecule has 2 aromatic carbocycles. The fraction of sp³-hybridized carbons (Fsp3) is 0.649. The van der Waals surface area contributed by atoms with Gasteiger partial charge >= 0.3 is 0 Å². The Morgan fingerprint density at radius 3 is 2.72 bits per heavy atom. The number of carbonyl (C=O) groups is 1.